The number of carbonyl (C=O) groups excluding carboxylic acids is 3. The number of Topliss-reactive ketones (excluding diaryl/α,β-unsaturated/α-hetero) is 1. The van der Waals surface area contributed by atoms with Crippen molar-refractivity contribution in [2.24, 2.45) is 0 Å². The predicted octanol–water partition coefficient (Wildman–Crippen LogP) is 1.75. The molecule has 0 saturated carbocycles. The van der Waals surface area contributed by atoms with E-state index in [1.807, 2.05) is 32.9 Å². The predicted molar refractivity (Wildman–Crippen MR) is 93.1 cm³/mol. The van der Waals surface area contributed by atoms with Gasteiger partial charge in [-0.2, -0.15) is 0 Å². The molecule has 0 aliphatic carbocycles. The average Bonchev–Trinajstić information content (AvgIpc) is 2.77. The highest BCUT2D eigenvalue weighted by atomic mass is 16.2. The van der Waals surface area contributed by atoms with Crippen molar-refractivity contribution in [3.8, 4) is 0 Å². The van der Waals surface area contributed by atoms with Gasteiger partial charge < -0.3 is 5.32 Å². The van der Waals surface area contributed by atoms with Crippen molar-refractivity contribution in [3.63, 3.8) is 0 Å². The number of nitrogens with one attached hydrogen (secondary N) is 1. The summed E-state index contributed by atoms with van der Waals surface area (Å²) in [4.78, 5) is 39.5. The van der Waals surface area contributed by atoms with Gasteiger partial charge in [0.15, 0.2) is 0 Å². The molecule has 0 bridgehead atoms. The minimum Gasteiger partial charge on any atom is -0.355 e. The topological polar surface area (TPSA) is 69.7 Å². The summed E-state index contributed by atoms with van der Waals surface area (Å²) in [7, 11) is 1.75. The number of hydrogen-bond acceptors (Lipinski definition) is 4. The molecule has 0 spiro atoms. The van der Waals surface area contributed by atoms with Crippen molar-refractivity contribution < 1.29 is 14.4 Å². The first kappa shape index (κ1) is 18.1. The lowest BCUT2D eigenvalue weighted by atomic mass is 9.99. The molecule has 2 rings (SSSR count). The number of rotatable bonds is 7. The summed E-state index contributed by atoms with van der Waals surface area (Å²) in [6.07, 6.45) is 0.875. The van der Waals surface area contributed by atoms with Gasteiger partial charge in [-0.1, -0.05) is 26.8 Å². The van der Waals surface area contributed by atoms with Crippen molar-refractivity contribution in [1.82, 2.24) is 10.2 Å². The fourth-order valence-electron chi connectivity index (χ4n) is 2.67. The second-order valence-corrected chi connectivity index (χ2v) is 6.50. The van der Waals surface area contributed by atoms with Crippen LogP contribution in [0.1, 0.15) is 49.0 Å². The van der Waals surface area contributed by atoms with Crippen molar-refractivity contribution in [3.05, 3.63) is 29.3 Å². The molecule has 6 heteroatoms. The fourth-order valence-corrected chi connectivity index (χ4v) is 2.67. The monoisotopic (exact) mass is 331 g/mol. The molecule has 0 radical (unpaired) electrons. The lowest BCUT2D eigenvalue weighted by Crippen LogP contribution is -2.43. The SMILES string of the molecule is CCCNC(=O)CN(C)CN1C(=O)C(=O)c2cc(C(C)C)ccc21. The van der Waals surface area contributed by atoms with E-state index < -0.39 is 11.7 Å². The van der Waals surface area contributed by atoms with E-state index in [9.17, 15) is 14.4 Å². The van der Waals surface area contributed by atoms with Gasteiger partial charge >= 0.3 is 5.91 Å². The molecule has 1 aliphatic rings. The quantitative estimate of drug-likeness (QED) is 0.773. The first-order chi connectivity index (χ1) is 11.3. The maximum atomic E-state index is 12.3. The lowest BCUT2D eigenvalue weighted by molar-refractivity contribution is -0.122. The van der Waals surface area contributed by atoms with Gasteiger partial charge in [0.05, 0.1) is 24.5 Å². The summed E-state index contributed by atoms with van der Waals surface area (Å²) in [5.41, 5.74) is 2.11. The van der Waals surface area contributed by atoms with Crippen molar-refractivity contribution in [2.75, 3.05) is 31.7 Å². The molecule has 0 atom stereocenters. The average molecular weight is 331 g/mol. The van der Waals surface area contributed by atoms with Gasteiger partial charge in [0.2, 0.25) is 5.91 Å². The Morgan fingerprint density at radius 3 is 2.62 bits per heavy atom. The van der Waals surface area contributed by atoms with Gasteiger partial charge in [0.1, 0.15) is 0 Å². The molecule has 1 aromatic carbocycles. The first-order valence-electron chi connectivity index (χ1n) is 8.30. The van der Waals surface area contributed by atoms with Gasteiger partial charge in [-0.15, -0.1) is 0 Å². The van der Waals surface area contributed by atoms with E-state index in [0.717, 1.165) is 12.0 Å². The standard InChI is InChI=1S/C18H25N3O3/c1-5-8-19-16(22)10-20(4)11-21-15-7-6-13(12(2)3)9-14(15)17(23)18(21)24/h6-7,9,12H,5,8,10-11H2,1-4H3,(H,19,22). The van der Waals surface area contributed by atoms with Gasteiger partial charge in [-0.25, -0.2) is 0 Å². The van der Waals surface area contributed by atoms with E-state index in [1.165, 1.54) is 4.90 Å². The smallest absolute Gasteiger partial charge is 0.300 e. The number of benzene rings is 1. The number of hydrogen-bond donors (Lipinski definition) is 1. The Balaban J connectivity index is 2.11. The normalized spacial score (nSPS) is 13.8. The third-order valence-electron chi connectivity index (χ3n) is 4.03. The summed E-state index contributed by atoms with van der Waals surface area (Å²) in [5, 5.41) is 2.80. The van der Waals surface area contributed by atoms with Crippen molar-refractivity contribution >= 4 is 23.3 Å². The van der Waals surface area contributed by atoms with Crippen LogP contribution in [0.2, 0.25) is 0 Å². The molecular formula is C18H25N3O3. The maximum Gasteiger partial charge on any atom is 0.300 e. The van der Waals surface area contributed by atoms with E-state index in [4.69, 9.17) is 0 Å². The molecule has 130 valence electrons. The molecule has 0 saturated heterocycles. The lowest BCUT2D eigenvalue weighted by Gasteiger charge is -2.24. The maximum absolute atomic E-state index is 12.3. The molecule has 1 aliphatic heterocycles. The van der Waals surface area contributed by atoms with Crippen LogP contribution in [0.15, 0.2) is 18.2 Å². The zero-order valence-corrected chi connectivity index (χ0v) is 14.8. The number of amides is 2. The van der Waals surface area contributed by atoms with Crippen LogP contribution in [0, 0.1) is 0 Å². The van der Waals surface area contributed by atoms with Crippen LogP contribution >= 0.6 is 0 Å². The third kappa shape index (κ3) is 3.82. The minimum absolute atomic E-state index is 0.0901. The summed E-state index contributed by atoms with van der Waals surface area (Å²) in [6, 6.07) is 5.56. The Bertz CT molecular complexity index is 655. The van der Waals surface area contributed by atoms with Crippen LogP contribution in [-0.4, -0.2) is 49.3 Å². The van der Waals surface area contributed by atoms with Crippen LogP contribution in [-0.2, 0) is 9.59 Å². The summed E-state index contributed by atoms with van der Waals surface area (Å²) in [6.45, 7) is 7.10. The zero-order chi connectivity index (χ0) is 17.9. The summed E-state index contributed by atoms with van der Waals surface area (Å²) >= 11 is 0. The molecule has 1 N–H and O–H groups in total. The molecule has 0 aromatic heterocycles. The Kier molecular flexibility index (Phi) is 5.72. The largest absolute Gasteiger partial charge is 0.355 e. The zero-order valence-electron chi connectivity index (χ0n) is 14.8. The second-order valence-electron chi connectivity index (χ2n) is 6.50. The van der Waals surface area contributed by atoms with Crippen LogP contribution in [0.5, 0.6) is 0 Å². The van der Waals surface area contributed by atoms with Crippen molar-refractivity contribution in [2.45, 2.75) is 33.1 Å². The van der Waals surface area contributed by atoms with E-state index >= 15 is 0 Å². The number of carbonyl (C=O) groups is 3. The molecule has 6 nitrogen and oxygen atoms in total. The van der Waals surface area contributed by atoms with E-state index in [1.54, 1.807) is 18.0 Å². The third-order valence-corrected chi connectivity index (χ3v) is 4.03. The molecule has 1 aromatic rings. The van der Waals surface area contributed by atoms with Crippen LogP contribution < -0.4 is 10.2 Å². The van der Waals surface area contributed by atoms with Crippen LogP contribution in [0.25, 0.3) is 0 Å². The highest BCUT2D eigenvalue weighted by Gasteiger charge is 2.36. The highest BCUT2D eigenvalue weighted by Crippen LogP contribution is 2.31. The van der Waals surface area contributed by atoms with E-state index in [-0.39, 0.29) is 25.0 Å². The Hall–Kier alpha value is -2.21. The molecule has 2 amide bonds. The fraction of sp³-hybridized carbons (Fsp3) is 0.500. The number of anilines is 1. The number of ketones is 1. The number of fused-ring (bicyclic) bond motifs is 1. The second kappa shape index (κ2) is 7.57. The minimum atomic E-state index is -0.535. The van der Waals surface area contributed by atoms with E-state index in [2.05, 4.69) is 5.32 Å². The number of likely N-dealkylation sites (N-methyl/N-ethyl adjacent to an activating group) is 1. The Morgan fingerprint density at radius 1 is 1.29 bits per heavy atom. The first-order valence-corrected chi connectivity index (χ1v) is 8.30. The van der Waals surface area contributed by atoms with E-state index in [0.29, 0.717) is 17.8 Å². The Labute approximate surface area is 142 Å². The number of nitrogens with zero attached hydrogens (tertiary/aromatic N) is 2. The van der Waals surface area contributed by atoms with Crippen LogP contribution in [0.4, 0.5) is 5.69 Å². The highest BCUT2D eigenvalue weighted by molar-refractivity contribution is 6.52. The summed E-state index contributed by atoms with van der Waals surface area (Å²) < 4.78 is 0. The molecule has 1 heterocycles. The Morgan fingerprint density at radius 2 is 2.00 bits per heavy atom. The van der Waals surface area contributed by atoms with Gasteiger partial charge in [0, 0.05) is 6.54 Å². The van der Waals surface area contributed by atoms with Gasteiger partial charge in [0.25, 0.3) is 5.78 Å². The molecule has 24 heavy (non-hydrogen) atoms. The van der Waals surface area contributed by atoms with Gasteiger partial charge in [-0.05, 0) is 37.1 Å². The van der Waals surface area contributed by atoms with Gasteiger partial charge in [-0.3, -0.25) is 24.2 Å². The molecule has 0 fully saturated rings. The summed E-state index contributed by atoms with van der Waals surface area (Å²) in [5.74, 6) is -0.812. The molecular weight excluding hydrogens is 306 g/mol. The van der Waals surface area contributed by atoms with Crippen LogP contribution in [0.3, 0.4) is 0 Å². The molecule has 0 unspecified atom stereocenters. The van der Waals surface area contributed by atoms with Crippen molar-refractivity contribution in [1.29, 1.82) is 0 Å².